The van der Waals surface area contributed by atoms with Crippen LogP contribution in [-0.4, -0.2) is 11.5 Å². The lowest BCUT2D eigenvalue weighted by molar-refractivity contribution is 0.618. The topological polar surface area (TPSA) is 52.0 Å². The molecular weight excluding hydrogens is 248 g/mol. The van der Waals surface area contributed by atoms with Gasteiger partial charge in [-0.05, 0) is 48.7 Å². The van der Waals surface area contributed by atoms with Gasteiger partial charge in [-0.1, -0.05) is 31.2 Å². The molecule has 3 aromatic rings. The van der Waals surface area contributed by atoms with Gasteiger partial charge in [0.25, 0.3) is 0 Å². The van der Waals surface area contributed by atoms with Crippen molar-refractivity contribution < 1.29 is 4.42 Å². The molecule has 0 aliphatic rings. The van der Waals surface area contributed by atoms with Crippen LogP contribution in [-0.2, 0) is 12.8 Å². The van der Waals surface area contributed by atoms with Crippen molar-refractivity contribution in [3.05, 3.63) is 53.6 Å². The lowest BCUT2D eigenvalue weighted by atomic mass is 10.0. The Labute approximate surface area is 118 Å². The smallest absolute Gasteiger partial charge is 0.227 e. The molecule has 3 rings (SSSR count). The van der Waals surface area contributed by atoms with Crippen LogP contribution in [0.15, 0.2) is 46.9 Å². The molecule has 1 aromatic heterocycles. The van der Waals surface area contributed by atoms with E-state index < -0.39 is 0 Å². The largest absolute Gasteiger partial charge is 0.436 e. The summed E-state index contributed by atoms with van der Waals surface area (Å²) in [6.45, 7) is 2.76. The van der Waals surface area contributed by atoms with Crippen LogP contribution in [0, 0.1) is 0 Å². The Morgan fingerprint density at radius 1 is 1.15 bits per heavy atom. The summed E-state index contributed by atoms with van der Waals surface area (Å²) in [5.41, 5.74) is 10.9. The summed E-state index contributed by atoms with van der Waals surface area (Å²) in [6, 6.07) is 14.3. The first-order valence-corrected chi connectivity index (χ1v) is 6.99. The molecule has 0 aliphatic carbocycles. The Morgan fingerprint density at radius 2 is 2.00 bits per heavy atom. The quantitative estimate of drug-likeness (QED) is 0.785. The number of nitrogens with zero attached hydrogens (tertiary/aromatic N) is 1. The summed E-state index contributed by atoms with van der Waals surface area (Å²) in [7, 11) is 0. The number of aryl methyl sites for hydroxylation is 1. The highest BCUT2D eigenvalue weighted by atomic mass is 16.3. The SMILES string of the molecule is CCc1ccc2oc(-c3ccccc3CCN)nc2c1. The second kappa shape index (κ2) is 5.47. The Hall–Kier alpha value is -2.13. The van der Waals surface area contributed by atoms with Gasteiger partial charge in [-0.2, -0.15) is 0 Å². The highest BCUT2D eigenvalue weighted by Gasteiger charge is 2.11. The fraction of sp³-hybridized carbons (Fsp3) is 0.235. The van der Waals surface area contributed by atoms with Crippen LogP contribution in [0.3, 0.4) is 0 Å². The second-order valence-corrected chi connectivity index (χ2v) is 4.87. The van der Waals surface area contributed by atoms with Gasteiger partial charge >= 0.3 is 0 Å². The molecular formula is C17H18N2O. The van der Waals surface area contributed by atoms with Crippen molar-refractivity contribution in [3.63, 3.8) is 0 Å². The summed E-state index contributed by atoms with van der Waals surface area (Å²) >= 11 is 0. The van der Waals surface area contributed by atoms with E-state index in [-0.39, 0.29) is 0 Å². The van der Waals surface area contributed by atoms with E-state index in [4.69, 9.17) is 10.2 Å². The molecule has 0 unspecified atom stereocenters. The van der Waals surface area contributed by atoms with E-state index in [2.05, 4.69) is 30.1 Å². The van der Waals surface area contributed by atoms with Crippen molar-refractivity contribution in [1.82, 2.24) is 4.98 Å². The molecule has 0 fully saturated rings. The van der Waals surface area contributed by atoms with Gasteiger partial charge in [0.1, 0.15) is 5.52 Å². The van der Waals surface area contributed by atoms with E-state index in [1.165, 1.54) is 11.1 Å². The third kappa shape index (κ3) is 2.32. The van der Waals surface area contributed by atoms with Crippen LogP contribution >= 0.6 is 0 Å². The fourth-order valence-electron chi connectivity index (χ4n) is 2.41. The predicted octanol–water partition coefficient (Wildman–Crippen LogP) is 3.56. The summed E-state index contributed by atoms with van der Waals surface area (Å²) in [5, 5.41) is 0. The average Bonchev–Trinajstić information content (AvgIpc) is 2.90. The number of benzene rings is 2. The first kappa shape index (κ1) is 12.9. The second-order valence-electron chi connectivity index (χ2n) is 4.87. The maximum Gasteiger partial charge on any atom is 0.227 e. The van der Waals surface area contributed by atoms with Crippen LogP contribution in [0.2, 0.25) is 0 Å². The van der Waals surface area contributed by atoms with Gasteiger partial charge in [-0.25, -0.2) is 4.98 Å². The minimum atomic E-state index is 0.622. The highest BCUT2D eigenvalue weighted by molar-refractivity contribution is 5.77. The Balaban J connectivity index is 2.10. The zero-order chi connectivity index (χ0) is 13.9. The Kier molecular flexibility index (Phi) is 3.52. The monoisotopic (exact) mass is 266 g/mol. The molecule has 1 heterocycles. The predicted molar refractivity (Wildman–Crippen MR) is 81.6 cm³/mol. The van der Waals surface area contributed by atoms with Crippen molar-refractivity contribution >= 4 is 11.1 Å². The molecule has 0 amide bonds. The van der Waals surface area contributed by atoms with Gasteiger partial charge in [0.15, 0.2) is 5.58 Å². The molecule has 0 spiro atoms. The number of oxazole rings is 1. The molecule has 0 saturated carbocycles. The molecule has 20 heavy (non-hydrogen) atoms. The zero-order valence-corrected chi connectivity index (χ0v) is 11.6. The van der Waals surface area contributed by atoms with Gasteiger partial charge in [0, 0.05) is 5.56 Å². The lowest BCUT2D eigenvalue weighted by Crippen LogP contribution is -2.03. The molecule has 0 bridgehead atoms. The van der Waals surface area contributed by atoms with Crippen molar-refractivity contribution in [2.24, 2.45) is 5.73 Å². The number of nitrogens with two attached hydrogens (primary N) is 1. The fourth-order valence-corrected chi connectivity index (χ4v) is 2.41. The van der Waals surface area contributed by atoms with E-state index in [1.54, 1.807) is 0 Å². The minimum absolute atomic E-state index is 0.622. The van der Waals surface area contributed by atoms with E-state index in [0.29, 0.717) is 12.4 Å². The van der Waals surface area contributed by atoms with Crippen molar-refractivity contribution in [3.8, 4) is 11.5 Å². The summed E-state index contributed by atoms with van der Waals surface area (Å²) in [5.74, 6) is 0.678. The normalized spacial score (nSPS) is 11.1. The maximum absolute atomic E-state index is 5.89. The molecule has 0 aliphatic heterocycles. The summed E-state index contributed by atoms with van der Waals surface area (Å²) < 4.78 is 5.89. The first-order valence-electron chi connectivity index (χ1n) is 6.99. The Bertz CT molecular complexity index is 731. The summed E-state index contributed by atoms with van der Waals surface area (Å²) in [6.07, 6.45) is 1.83. The van der Waals surface area contributed by atoms with Crippen LogP contribution < -0.4 is 5.73 Å². The number of fused-ring (bicyclic) bond motifs is 1. The standard InChI is InChI=1S/C17H18N2O/c1-2-12-7-8-16-15(11-12)19-17(20-16)14-6-4-3-5-13(14)9-10-18/h3-8,11H,2,9-10,18H2,1H3. The van der Waals surface area contributed by atoms with Crippen LogP contribution in [0.4, 0.5) is 0 Å². The third-order valence-corrected chi connectivity index (χ3v) is 3.52. The van der Waals surface area contributed by atoms with E-state index in [9.17, 15) is 0 Å². The van der Waals surface area contributed by atoms with Crippen molar-refractivity contribution in [2.45, 2.75) is 19.8 Å². The van der Waals surface area contributed by atoms with E-state index >= 15 is 0 Å². The van der Waals surface area contributed by atoms with Gasteiger partial charge in [0.05, 0.1) is 0 Å². The van der Waals surface area contributed by atoms with E-state index in [0.717, 1.165) is 29.5 Å². The van der Waals surface area contributed by atoms with Gasteiger partial charge in [-0.3, -0.25) is 0 Å². The lowest BCUT2D eigenvalue weighted by Gasteiger charge is -2.04. The van der Waals surface area contributed by atoms with Crippen LogP contribution in [0.1, 0.15) is 18.1 Å². The average molecular weight is 266 g/mol. The molecule has 0 radical (unpaired) electrons. The zero-order valence-electron chi connectivity index (χ0n) is 11.6. The maximum atomic E-state index is 5.89. The number of hydrogen-bond acceptors (Lipinski definition) is 3. The van der Waals surface area contributed by atoms with Gasteiger partial charge < -0.3 is 10.2 Å². The molecule has 0 saturated heterocycles. The molecule has 3 nitrogen and oxygen atoms in total. The molecule has 102 valence electrons. The molecule has 2 N–H and O–H groups in total. The number of hydrogen-bond donors (Lipinski definition) is 1. The van der Waals surface area contributed by atoms with Gasteiger partial charge in [-0.15, -0.1) is 0 Å². The molecule has 2 aromatic carbocycles. The van der Waals surface area contributed by atoms with Crippen LogP contribution in [0.25, 0.3) is 22.6 Å². The first-order chi connectivity index (χ1) is 9.81. The van der Waals surface area contributed by atoms with Gasteiger partial charge in [0.2, 0.25) is 5.89 Å². The number of rotatable bonds is 4. The van der Waals surface area contributed by atoms with Crippen LogP contribution in [0.5, 0.6) is 0 Å². The molecule has 0 atom stereocenters. The minimum Gasteiger partial charge on any atom is -0.436 e. The van der Waals surface area contributed by atoms with Crippen molar-refractivity contribution in [1.29, 1.82) is 0 Å². The summed E-state index contributed by atoms with van der Waals surface area (Å²) in [4.78, 5) is 4.63. The van der Waals surface area contributed by atoms with Crippen molar-refractivity contribution in [2.75, 3.05) is 6.54 Å². The van der Waals surface area contributed by atoms with E-state index in [1.807, 2.05) is 24.3 Å². The number of aromatic nitrogens is 1. The highest BCUT2D eigenvalue weighted by Crippen LogP contribution is 2.27. The molecule has 3 heteroatoms. The Morgan fingerprint density at radius 3 is 2.80 bits per heavy atom. The third-order valence-electron chi connectivity index (χ3n) is 3.52.